The summed E-state index contributed by atoms with van der Waals surface area (Å²) in [6, 6.07) is 6.52. The number of carbonyl (C=O) groups is 1. The van der Waals surface area contributed by atoms with Crippen molar-refractivity contribution in [1.82, 2.24) is 0 Å². The van der Waals surface area contributed by atoms with Crippen molar-refractivity contribution in [3.8, 4) is 0 Å². The van der Waals surface area contributed by atoms with Crippen molar-refractivity contribution in [2.24, 2.45) is 0 Å². The standard InChI is InChI=1S/C14H19NO3/c16-10-11-6-8-12(9-7-11)14(17)15(18)13-4-2-1-3-5-13/h6-9,13,15-16H,1-5,10H2. The minimum Gasteiger partial charge on any atom is -0.626 e. The van der Waals surface area contributed by atoms with E-state index in [0.717, 1.165) is 31.2 Å². The van der Waals surface area contributed by atoms with Crippen LogP contribution in [0.1, 0.15) is 48.0 Å². The molecule has 0 bridgehead atoms. The Morgan fingerprint density at radius 1 is 1.22 bits per heavy atom. The summed E-state index contributed by atoms with van der Waals surface area (Å²) in [4.78, 5) is 12.0. The third-order valence-corrected chi connectivity index (χ3v) is 3.60. The van der Waals surface area contributed by atoms with Crippen LogP contribution in [-0.2, 0) is 6.61 Å². The van der Waals surface area contributed by atoms with Gasteiger partial charge in [-0.3, -0.25) is 0 Å². The van der Waals surface area contributed by atoms with Gasteiger partial charge in [-0.15, -0.1) is 0 Å². The molecule has 4 heteroatoms. The monoisotopic (exact) mass is 249 g/mol. The lowest BCUT2D eigenvalue weighted by Gasteiger charge is -2.31. The number of aliphatic hydroxyl groups is 1. The highest BCUT2D eigenvalue weighted by Crippen LogP contribution is 2.15. The average Bonchev–Trinajstić information content (AvgIpc) is 2.47. The fourth-order valence-electron chi connectivity index (χ4n) is 2.45. The van der Waals surface area contributed by atoms with Crippen molar-refractivity contribution >= 4 is 5.91 Å². The molecule has 2 rings (SSSR count). The molecule has 1 aliphatic rings. The molecule has 98 valence electrons. The SMILES string of the molecule is O=C(c1ccc(CO)cc1)[NH+]([O-])C1CCCCC1. The van der Waals surface area contributed by atoms with Gasteiger partial charge in [0, 0.05) is 12.8 Å². The number of aliphatic hydroxyl groups excluding tert-OH is 1. The van der Waals surface area contributed by atoms with Crippen molar-refractivity contribution < 1.29 is 15.0 Å². The smallest absolute Gasteiger partial charge is 0.344 e. The van der Waals surface area contributed by atoms with Gasteiger partial charge < -0.3 is 15.4 Å². The maximum Gasteiger partial charge on any atom is 0.344 e. The molecule has 1 fully saturated rings. The first-order chi connectivity index (χ1) is 8.72. The Bertz CT molecular complexity index is 396. The molecule has 1 aliphatic carbocycles. The lowest BCUT2D eigenvalue weighted by molar-refractivity contribution is -0.790. The molecule has 0 heterocycles. The van der Waals surface area contributed by atoms with Crippen LogP contribution in [0.5, 0.6) is 0 Å². The number of nitrogens with one attached hydrogen (secondary N) is 1. The predicted octanol–water partition coefficient (Wildman–Crippen LogP) is 1.03. The zero-order chi connectivity index (χ0) is 13.0. The number of quaternary nitrogens is 1. The first-order valence-corrected chi connectivity index (χ1v) is 6.50. The molecular formula is C14H19NO3. The fraction of sp³-hybridized carbons (Fsp3) is 0.500. The van der Waals surface area contributed by atoms with E-state index in [1.54, 1.807) is 24.3 Å². The Kier molecular flexibility index (Phi) is 4.47. The minimum atomic E-state index is -0.383. The Morgan fingerprint density at radius 2 is 1.83 bits per heavy atom. The fourth-order valence-corrected chi connectivity index (χ4v) is 2.45. The van der Waals surface area contributed by atoms with Crippen molar-refractivity contribution in [3.63, 3.8) is 0 Å². The molecule has 1 saturated carbocycles. The van der Waals surface area contributed by atoms with Crippen molar-refractivity contribution in [2.45, 2.75) is 44.8 Å². The zero-order valence-electron chi connectivity index (χ0n) is 10.4. The van der Waals surface area contributed by atoms with Crippen LogP contribution < -0.4 is 5.06 Å². The van der Waals surface area contributed by atoms with Crippen LogP contribution in [0.25, 0.3) is 0 Å². The van der Waals surface area contributed by atoms with Gasteiger partial charge >= 0.3 is 5.91 Å². The second-order valence-corrected chi connectivity index (χ2v) is 4.88. The van der Waals surface area contributed by atoms with Gasteiger partial charge in [0.2, 0.25) is 0 Å². The molecule has 0 radical (unpaired) electrons. The quantitative estimate of drug-likeness (QED) is 0.786. The highest BCUT2D eigenvalue weighted by Gasteiger charge is 2.25. The maximum atomic E-state index is 12.1. The van der Waals surface area contributed by atoms with Gasteiger partial charge in [0.25, 0.3) is 0 Å². The van der Waals surface area contributed by atoms with Crippen LogP contribution in [0.3, 0.4) is 0 Å². The number of hydrogen-bond acceptors (Lipinski definition) is 3. The molecule has 18 heavy (non-hydrogen) atoms. The van der Waals surface area contributed by atoms with E-state index in [4.69, 9.17) is 5.11 Å². The van der Waals surface area contributed by atoms with Crippen LogP contribution >= 0.6 is 0 Å². The normalized spacial score (nSPS) is 18.6. The van der Waals surface area contributed by atoms with Gasteiger partial charge in [0.05, 0.1) is 18.2 Å². The summed E-state index contributed by atoms with van der Waals surface area (Å²) in [5.74, 6) is -0.383. The minimum absolute atomic E-state index is 0.0506. The largest absolute Gasteiger partial charge is 0.626 e. The molecule has 1 amide bonds. The Labute approximate surface area is 107 Å². The van der Waals surface area contributed by atoms with Gasteiger partial charge in [-0.2, -0.15) is 0 Å². The van der Waals surface area contributed by atoms with Gasteiger partial charge in [-0.25, -0.2) is 4.79 Å². The average molecular weight is 249 g/mol. The predicted molar refractivity (Wildman–Crippen MR) is 67.9 cm³/mol. The summed E-state index contributed by atoms with van der Waals surface area (Å²) in [7, 11) is 0. The van der Waals surface area contributed by atoms with E-state index >= 15 is 0 Å². The summed E-state index contributed by atoms with van der Waals surface area (Å²) in [5.41, 5.74) is 1.18. The zero-order valence-corrected chi connectivity index (χ0v) is 10.4. The molecule has 0 aromatic heterocycles. The van der Waals surface area contributed by atoms with E-state index < -0.39 is 0 Å². The van der Waals surface area contributed by atoms with Crippen LogP contribution in [0.4, 0.5) is 0 Å². The van der Waals surface area contributed by atoms with E-state index in [-0.39, 0.29) is 23.6 Å². The molecule has 1 aromatic carbocycles. The van der Waals surface area contributed by atoms with Crippen LogP contribution in [0, 0.1) is 5.21 Å². The molecule has 0 aliphatic heterocycles. The van der Waals surface area contributed by atoms with Gasteiger partial charge in [-0.1, -0.05) is 18.6 Å². The number of hydroxylamine groups is 2. The number of rotatable bonds is 3. The first kappa shape index (κ1) is 13.2. The summed E-state index contributed by atoms with van der Waals surface area (Å²) in [6.07, 6.45) is 4.96. The first-order valence-electron chi connectivity index (χ1n) is 6.50. The number of amides is 1. The number of benzene rings is 1. The molecule has 0 spiro atoms. The third-order valence-electron chi connectivity index (χ3n) is 3.60. The molecule has 1 atom stereocenters. The van der Waals surface area contributed by atoms with Crippen molar-refractivity contribution in [3.05, 3.63) is 40.6 Å². The lowest BCUT2D eigenvalue weighted by atomic mass is 9.95. The van der Waals surface area contributed by atoms with E-state index in [1.807, 2.05) is 0 Å². The number of carbonyl (C=O) groups excluding carboxylic acids is 1. The van der Waals surface area contributed by atoms with Gasteiger partial charge in [-0.05, 0) is 30.5 Å². The topological polar surface area (TPSA) is 64.8 Å². The summed E-state index contributed by atoms with van der Waals surface area (Å²) in [6.45, 7) is -0.0506. The molecule has 1 unspecified atom stereocenters. The lowest BCUT2D eigenvalue weighted by Crippen LogP contribution is -3.14. The summed E-state index contributed by atoms with van der Waals surface area (Å²) >= 11 is 0. The second-order valence-electron chi connectivity index (χ2n) is 4.88. The number of hydrogen-bond donors (Lipinski definition) is 2. The molecule has 4 nitrogen and oxygen atoms in total. The van der Waals surface area contributed by atoms with Crippen molar-refractivity contribution in [2.75, 3.05) is 0 Å². The molecule has 1 aromatic rings. The van der Waals surface area contributed by atoms with E-state index in [1.165, 1.54) is 6.42 Å². The van der Waals surface area contributed by atoms with Crippen LogP contribution in [0.2, 0.25) is 0 Å². The summed E-state index contributed by atoms with van der Waals surface area (Å²) < 4.78 is 0. The maximum absolute atomic E-state index is 12.1. The highest BCUT2D eigenvalue weighted by molar-refractivity contribution is 5.87. The highest BCUT2D eigenvalue weighted by atomic mass is 16.5. The van der Waals surface area contributed by atoms with Crippen molar-refractivity contribution in [1.29, 1.82) is 0 Å². The Balaban J connectivity index is 2.04. The van der Waals surface area contributed by atoms with E-state index in [9.17, 15) is 10.0 Å². The third kappa shape index (κ3) is 2.96. The Morgan fingerprint density at radius 3 is 2.39 bits per heavy atom. The second kappa shape index (κ2) is 6.09. The summed E-state index contributed by atoms with van der Waals surface area (Å²) in [5, 5.41) is 20.7. The van der Waals surface area contributed by atoms with Gasteiger partial charge in [0.1, 0.15) is 0 Å². The van der Waals surface area contributed by atoms with E-state index in [2.05, 4.69) is 0 Å². The molecular weight excluding hydrogens is 230 g/mol. The molecule has 0 saturated heterocycles. The Hall–Kier alpha value is -1.23. The van der Waals surface area contributed by atoms with E-state index in [0.29, 0.717) is 5.56 Å². The van der Waals surface area contributed by atoms with Crippen LogP contribution in [-0.4, -0.2) is 17.1 Å². The molecule has 2 N–H and O–H groups in total. The van der Waals surface area contributed by atoms with Crippen LogP contribution in [0.15, 0.2) is 24.3 Å². The van der Waals surface area contributed by atoms with Gasteiger partial charge in [0.15, 0.2) is 0 Å².